The van der Waals surface area contributed by atoms with Crippen molar-refractivity contribution in [1.29, 1.82) is 0 Å². The Balaban J connectivity index is 1.58. The predicted molar refractivity (Wildman–Crippen MR) is 111 cm³/mol. The van der Waals surface area contributed by atoms with Gasteiger partial charge in [0, 0.05) is 25.0 Å². The molecule has 2 aromatic carbocycles. The van der Waals surface area contributed by atoms with Gasteiger partial charge in [0.1, 0.15) is 5.82 Å². The summed E-state index contributed by atoms with van der Waals surface area (Å²) in [6.07, 6.45) is 2.27. The van der Waals surface area contributed by atoms with Crippen LogP contribution in [-0.2, 0) is 6.54 Å². The molecular formula is C23H27N3O2. The number of hydrogen-bond acceptors (Lipinski definition) is 3. The van der Waals surface area contributed by atoms with Crippen LogP contribution in [0, 0.1) is 0 Å². The van der Waals surface area contributed by atoms with E-state index in [4.69, 9.17) is 4.98 Å². The molecule has 5 nitrogen and oxygen atoms in total. The maximum atomic E-state index is 11.2. The molecule has 4 rings (SSSR count). The van der Waals surface area contributed by atoms with Crippen molar-refractivity contribution in [2.45, 2.75) is 45.2 Å². The quantitative estimate of drug-likeness (QED) is 0.700. The summed E-state index contributed by atoms with van der Waals surface area (Å²) < 4.78 is 2.38. The summed E-state index contributed by atoms with van der Waals surface area (Å²) in [5, 5.41) is 9.23. The van der Waals surface area contributed by atoms with Crippen LogP contribution in [0.25, 0.3) is 11.0 Å². The Labute approximate surface area is 165 Å². The number of rotatable bonds is 5. The fourth-order valence-corrected chi connectivity index (χ4v) is 4.36. The largest absolute Gasteiger partial charge is 0.478 e. The van der Waals surface area contributed by atoms with Crippen LogP contribution in [0.2, 0.25) is 0 Å². The average Bonchev–Trinajstić information content (AvgIpc) is 3.08. The lowest BCUT2D eigenvalue weighted by molar-refractivity contribution is 0.0696. The van der Waals surface area contributed by atoms with Crippen LogP contribution in [0.1, 0.15) is 60.4 Å². The Kier molecular flexibility index (Phi) is 5.18. The van der Waals surface area contributed by atoms with Gasteiger partial charge in [0.15, 0.2) is 0 Å². The summed E-state index contributed by atoms with van der Waals surface area (Å²) >= 11 is 0. The van der Waals surface area contributed by atoms with Gasteiger partial charge in [0.2, 0.25) is 0 Å². The van der Waals surface area contributed by atoms with Gasteiger partial charge in [-0.1, -0.05) is 24.3 Å². The predicted octanol–water partition coefficient (Wildman–Crippen LogP) is 4.70. The lowest BCUT2D eigenvalue weighted by Gasteiger charge is -2.33. The van der Waals surface area contributed by atoms with E-state index in [1.54, 1.807) is 12.1 Å². The van der Waals surface area contributed by atoms with Crippen LogP contribution in [0.3, 0.4) is 0 Å². The number of likely N-dealkylation sites (tertiary alicyclic amines) is 1. The molecule has 146 valence electrons. The first-order chi connectivity index (χ1) is 13.5. The number of aromatic carboxylic acids is 1. The van der Waals surface area contributed by atoms with E-state index in [0.717, 1.165) is 43.6 Å². The normalized spacial score (nSPS) is 18.0. The molecule has 1 atom stereocenters. The van der Waals surface area contributed by atoms with E-state index >= 15 is 0 Å². The molecule has 0 radical (unpaired) electrons. The monoisotopic (exact) mass is 377 g/mol. The molecule has 1 fully saturated rings. The van der Waals surface area contributed by atoms with E-state index in [1.807, 2.05) is 18.2 Å². The summed E-state index contributed by atoms with van der Waals surface area (Å²) in [7, 11) is 0. The summed E-state index contributed by atoms with van der Waals surface area (Å²) in [6.45, 7) is 7.20. The third-order valence-corrected chi connectivity index (χ3v) is 5.59. The van der Waals surface area contributed by atoms with Crippen LogP contribution < -0.4 is 0 Å². The van der Waals surface area contributed by atoms with Gasteiger partial charge < -0.3 is 9.67 Å². The second-order valence-corrected chi connectivity index (χ2v) is 8.00. The fraction of sp³-hybridized carbons (Fsp3) is 0.391. The number of para-hydroxylation sites is 2. The maximum absolute atomic E-state index is 11.2. The van der Waals surface area contributed by atoms with E-state index in [1.165, 1.54) is 11.3 Å². The number of benzene rings is 2. The minimum absolute atomic E-state index is 0.354. The van der Waals surface area contributed by atoms with Gasteiger partial charge in [0.05, 0.1) is 16.6 Å². The van der Waals surface area contributed by atoms with Crippen molar-refractivity contribution in [2.75, 3.05) is 13.1 Å². The number of fused-ring (bicyclic) bond motifs is 1. The molecule has 2 heterocycles. The highest BCUT2D eigenvalue weighted by Gasteiger charge is 2.27. The molecule has 1 unspecified atom stereocenters. The summed E-state index contributed by atoms with van der Waals surface area (Å²) in [4.78, 5) is 18.7. The van der Waals surface area contributed by atoms with E-state index in [0.29, 0.717) is 17.5 Å². The van der Waals surface area contributed by atoms with Gasteiger partial charge in [-0.25, -0.2) is 9.78 Å². The second-order valence-electron chi connectivity index (χ2n) is 8.00. The molecule has 0 aliphatic carbocycles. The van der Waals surface area contributed by atoms with Crippen molar-refractivity contribution in [3.63, 3.8) is 0 Å². The lowest BCUT2D eigenvalue weighted by Crippen LogP contribution is -2.35. The third kappa shape index (κ3) is 3.67. The summed E-state index contributed by atoms with van der Waals surface area (Å²) in [5.41, 5.74) is 3.68. The topological polar surface area (TPSA) is 58.4 Å². The number of nitrogens with zero attached hydrogens (tertiary/aromatic N) is 3. The zero-order valence-electron chi connectivity index (χ0n) is 16.5. The molecule has 0 saturated carbocycles. The molecular weight excluding hydrogens is 350 g/mol. The fourth-order valence-electron chi connectivity index (χ4n) is 4.36. The van der Waals surface area contributed by atoms with E-state index in [-0.39, 0.29) is 0 Å². The molecule has 0 bridgehead atoms. The molecule has 1 N–H and O–H groups in total. The Morgan fingerprint density at radius 1 is 1.21 bits per heavy atom. The Morgan fingerprint density at radius 3 is 2.82 bits per heavy atom. The molecule has 0 amide bonds. The van der Waals surface area contributed by atoms with E-state index in [2.05, 4.69) is 41.5 Å². The van der Waals surface area contributed by atoms with Crippen molar-refractivity contribution >= 4 is 17.0 Å². The number of hydrogen-bond donors (Lipinski definition) is 1. The molecule has 3 aromatic rings. The Hall–Kier alpha value is -2.66. The lowest BCUT2D eigenvalue weighted by atomic mass is 9.96. The average molecular weight is 377 g/mol. The van der Waals surface area contributed by atoms with Crippen LogP contribution in [0.5, 0.6) is 0 Å². The minimum atomic E-state index is -0.871. The first kappa shape index (κ1) is 18.7. The number of imidazole rings is 1. The van der Waals surface area contributed by atoms with Gasteiger partial charge in [-0.15, -0.1) is 0 Å². The first-order valence-electron chi connectivity index (χ1n) is 10.0. The van der Waals surface area contributed by atoms with E-state index in [9.17, 15) is 9.90 Å². The number of carboxylic acid groups (broad SMARTS) is 1. The van der Waals surface area contributed by atoms with Crippen molar-refractivity contribution in [3.05, 3.63) is 65.5 Å². The van der Waals surface area contributed by atoms with Crippen LogP contribution in [0.4, 0.5) is 0 Å². The van der Waals surface area contributed by atoms with Crippen LogP contribution in [0.15, 0.2) is 48.5 Å². The number of aromatic nitrogens is 2. The standard InChI is InChI=1S/C23H27N3O2/c1-16(2)26-21-11-4-3-10-20(21)24-22(26)19-9-6-12-25(15-19)14-17-7-5-8-18(13-17)23(27)28/h3-5,7-8,10-11,13,16,19H,6,9,12,14-15H2,1-2H3,(H,27,28). The zero-order valence-corrected chi connectivity index (χ0v) is 16.5. The van der Waals surface area contributed by atoms with Crippen molar-refractivity contribution in [1.82, 2.24) is 14.5 Å². The Bertz CT molecular complexity index is 992. The summed E-state index contributed by atoms with van der Waals surface area (Å²) in [5.74, 6) is 0.704. The highest BCUT2D eigenvalue weighted by Crippen LogP contribution is 2.32. The van der Waals surface area contributed by atoms with Gasteiger partial charge >= 0.3 is 5.97 Å². The maximum Gasteiger partial charge on any atom is 0.335 e. The number of carbonyl (C=O) groups is 1. The van der Waals surface area contributed by atoms with Gasteiger partial charge in [-0.3, -0.25) is 4.90 Å². The van der Waals surface area contributed by atoms with Crippen molar-refractivity contribution in [3.8, 4) is 0 Å². The number of piperidine rings is 1. The first-order valence-corrected chi connectivity index (χ1v) is 10.0. The molecule has 1 aliphatic heterocycles. The molecule has 1 aliphatic rings. The smallest absolute Gasteiger partial charge is 0.335 e. The second kappa shape index (κ2) is 7.76. The zero-order chi connectivity index (χ0) is 19.7. The van der Waals surface area contributed by atoms with Crippen molar-refractivity contribution in [2.24, 2.45) is 0 Å². The van der Waals surface area contributed by atoms with Crippen LogP contribution >= 0.6 is 0 Å². The summed E-state index contributed by atoms with van der Waals surface area (Å²) in [6, 6.07) is 16.0. The molecule has 0 spiro atoms. The highest BCUT2D eigenvalue weighted by atomic mass is 16.4. The van der Waals surface area contributed by atoms with Gasteiger partial charge in [0.25, 0.3) is 0 Å². The minimum Gasteiger partial charge on any atom is -0.478 e. The molecule has 1 aromatic heterocycles. The molecule has 5 heteroatoms. The third-order valence-electron chi connectivity index (χ3n) is 5.59. The van der Waals surface area contributed by atoms with Gasteiger partial charge in [-0.2, -0.15) is 0 Å². The Morgan fingerprint density at radius 2 is 2.04 bits per heavy atom. The van der Waals surface area contributed by atoms with Gasteiger partial charge in [-0.05, 0) is 63.1 Å². The van der Waals surface area contributed by atoms with E-state index < -0.39 is 5.97 Å². The number of carboxylic acids is 1. The molecule has 1 saturated heterocycles. The van der Waals surface area contributed by atoms with Crippen LogP contribution in [-0.4, -0.2) is 38.6 Å². The SMILES string of the molecule is CC(C)n1c(C2CCCN(Cc3cccc(C(=O)O)c3)C2)nc2ccccc21. The van der Waals surface area contributed by atoms with Crippen molar-refractivity contribution < 1.29 is 9.90 Å². The highest BCUT2D eigenvalue weighted by molar-refractivity contribution is 5.87. The molecule has 28 heavy (non-hydrogen) atoms.